The third-order valence-corrected chi connectivity index (χ3v) is 6.70. The van der Waals surface area contributed by atoms with E-state index in [4.69, 9.17) is 5.10 Å². The van der Waals surface area contributed by atoms with Crippen molar-refractivity contribution in [2.45, 2.75) is 37.3 Å². The van der Waals surface area contributed by atoms with Crippen LogP contribution in [-0.2, 0) is 12.4 Å². The highest BCUT2D eigenvalue weighted by molar-refractivity contribution is 5.78. The number of rotatable bonds is 5. The van der Waals surface area contributed by atoms with Crippen LogP contribution in [0.2, 0.25) is 0 Å². The van der Waals surface area contributed by atoms with E-state index in [0.717, 1.165) is 24.0 Å². The van der Waals surface area contributed by atoms with Crippen molar-refractivity contribution in [1.29, 1.82) is 0 Å². The molecule has 9 heteroatoms. The van der Waals surface area contributed by atoms with Gasteiger partial charge in [-0.25, -0.2) is 4.98 Å². The summed E-state index contributed by atoms with van der Waals surface area (Å²) in [6.07, 6.45) is -6.66. The summed E-state index contributed by atoms with van der Waals surface area (Å²) in [4.78, 5) is 4.34. The van der Waals surface area contributed by atoms with Crippen LogP contribution in [0, 0.1) is 0 Å². The first kappa shape index (κ1) is 26.5. The summed E-state index contributed by atoms with van der Waals surface area (Å²) in [6, 6.07) is 25.8. The van der Waals surface area contributed by atoms with Gasteiger partial charge >= 0.3 is 12.4 Å². The predicted octanol–water partition coefficient (Wildman–Crippen LogP) is 8.70. The Bertz CT molecular complexity index is 1370. The third kappa shape index (κ3) is 5.97. The van der Waals surface area contributed by atoms with Gasteiger partial charge in [0.2, 0.25) is 0 Å². The summed E-state index contributed by atoms with van der Waals surface area (Å²) in [5, 5.41) is 6.73. The number of nitrogens with zero attached hydrogens (tertiary/aromatic N) is 3. The number of halogens is 6. The zero-order valence-corrected chi connectivity index (χ0v) is 20.5. The van der Waals surface area contributed by atoms with Crippen molar-refractivity contribution in [3.63, 3.8) is 0 Å². The number of aromatic nitrogens is 1. The van der Waals surface area contributed by atoms with Crippen LogP contribution in [-0.4, -0.2) is 16.2 Å². The van der Waals surface area contributed by atoms with Crippen molar-refractivity contribution in [3.8, 4) is 11.3 Å². The van der Waals surface area contributed by atoms with Crippen LogP contribution in [0.1, 0.15) is 52.9 Å². The fourth-order valence-corrected chi connectivity index (χ4v) is 4.86. The summed E-state index contributed by atoms with van der Waals surface area (Å²) in [5.41, 5.74) is -0.571. The Kier molecular flexibility index (Phi) is 7.16. The topological polar surface area (TPSA) is 28.5 Å². The zero-order valence-electron chi connectivity index (χ0n) is 20.5. The van der Waals surface area contributed by atoms with E-state index >= 15 is 0 Å². The van der Waals surface area contributed by atoms with E-state index in [2.05, 4.69) is 4.98 Å². The minimum absolute atomic E-state index is 0.00588. The Morgan fingerprint density at radius 1 is 0.667 bits per heavy atom. The molecule has 0 aliphatic carbocycles. The van der Waals surface area contributed by atoms with Crippen LogP contribution in [0.5, 0.6) is 0 Å². The standard InChI is InChI=1S/C30H23F6N3/c31-29(32,33)23-16-22(17-24(18-23)30(34,35)36)26-13-7-12-25(38-26)19-37-39-27(20-8-3-1-4-9-20)14-15-28(39)21-10-5-2-6-11-21/h1-13,16-19,27-28H,14-15H2/b37-19+/t27-,28-/m0/s1. The Balaban J connectivity index is 1.50. The molecular formula is C30H23F6N3. The van der Waals surface area contributed by atoms with E-state index in [1.807, 2.05) is 65.7 Å². The summed E-state index contributed by atoms with van der Waals surface area (Å²) in [6.45, 7) is 0. The van der Waals surface area contributed by atoms with Crippen LogP contribution < -0.4 is 0 Å². The van der Waals surface area contributed by atoms with Crippen molar-refractivity contribution >= 4 is 6.21 Å². The lowest BCUT2D eigenvalue weighted by Gasteiger charge is -2.28. The van der Waals surface area contributed by atoms with Gasteiger partial charge in [0.1, 0.15) is 0 Å². The van der Waals surface area contributed by atoms with Crippen LogP contribution in [0.3, 0.4) is 0 Å². The second kappa shape index (κ2) is 10.6. The normalized spacial score (nSPS) is 18.2. The van der Waals surface area contributed by atoms with Gasteiger partial charge < -0.3 is 0 Å². The molecule has 200 valence electrons. The maximum atomic E-state index is 13.4. The molecule has 0 amide bonds. The molecule has 0 unspecified atom stereocenters. The molecule has 1 saturated heterocycles. The molecule has 0 N–H and O–H groups in total. The molecular weight excluding hydrogens is 516 g/mol. The molecule has 1 aliphatic rings. The first-order valence-electron chi connectivity index (χ1n) is 12.3. The van der Waals surface area contributed by atoms with Gasteiger partial charge in [-0.2, -0.15) is 31.4 Å². The number of pyridine rings is 1. The molecule has 0 radical (unpaired) electrons. The van der Waals surface area contributed by atoms with E-state index in [0.29, 0.717) is 17.8 Å². The molecule has 2 atom stereocenters. The van der Waals surface area contributed by atoms with E-state index in [9.17, 15) is 26.3 Å². The van der Waals surface area contributed by atoms with Gasteiger partial charge in [-0.3, -0.25) is 5.01 Å². The Hall–Kier alpha value is -4.14. The molecule has 3 nitrogen and oxygen atoms in total. The minimum atomic E-state index is -4.94. The molecule has 1 aromatic heterocycles. The first-order chi connectivity index (χ1) is 18.6. The van der Waals surface area contributed by atoms with Crippen LogP contribution in [0.15, 0.2) is 102 Å². The molecule has 2 heterocycles. The highest BCUT2D eigenvalue weighted by Crippen LogP contribution is 2.44. The highest BCUT2D eigenvalue weighted by Gasteiger charge is 2.37. The van der Waals surface area contributed by atoms with E-state index in [1.54, 1.807) is 6.07 Å². The van der Waals surface area contributed by atoms with E-state index < -0.39 is 23.5 Å². The number of benzene rings is 3. The molecule has 0 spiro atoms. The number of hydrogen-bond donors (Lipinski definition) is 0. The molecule has 1 aliphatic heterocycles. The third-order valence-electron chi connectivity index (χ3n) is 6.70. The molecule has 5 rings (SSSR count). The van der Waals surface area contributed by atoms with Gasteiger partial charge in [0.05, 0.1) is 40.8 Å². The minimum Gasteiger partial charge on any atom is -0.282 e. The van der Waals surface area contributed by atoms with Gasteiger partial charge in [0.25, 0.3) is 0 Å². The Labute approximate surface area is 221 Å². The molecule has 0 bridgehead atoms. The molecule has 39 heavy (non-hydrogen) atoms. The summed E-state index contributed by atoms with van der Waals surface area (Å²) in [7, 11) is 0. The maximum absolute atomic E-state index is 13.4. The molecule has 4 aromatic rings. The van der Waals surface area contributed by atoms with Crippen molar-refractivity contribution in [1.82, 2.24) is 9.99 Å². The largest absolute Gasteiger partial charge is 0.416 e. The Morgan fingerprint density at radius 3 is 1.67 bits per heavy atom. The van der Waals surface area contributed by atoms with Gasteiger partial charge in [0, 0.05) is 5.56 Å². The highest BCUT2D eigenvalue weighted by atomic mass is 19.4. The lowest BCUT2D eigenvalue weighted by atomic mass is 10.0. The first-order valence-corrected chi connectivity index (χ1v) is 12.3. The average molecular weight is 540 g/mol. The summed E-state index contributed by atoms with van der Waals surface area (Å²) in [5.74, 6) is 0. The SMILES string of the molecule is FC(F)(F)c1cc(-c2cccc(/C=N/N3[C@H](c4ccccc4)CC[C@H]3c3ccccc3)n2)cc(C(F)(F)F)c1. The van der Waals surface area contributed by atoms with Crippen molar-refractivity contribution in [3.05, 3.63) is 125 Å². The second-order valence-corrected chi connectivity index (χ2v) is 9.30. The summed E-state index contributed by atoms with van der Waals surface area (Å²) >= 11 is 0. The van der Waals surface area contributed by atoms with Crippen LogP contribution >= 0.6 is 0 Å². The van der Waals surface area contributed by atoms with Crippen molar-refractivity contribution in [2.24, 2.45) is 5.10 Å². The zero-order chi connectivity index (χ0) is 27.6. The van der Waals surface area contributed by atoms with Crippen LogP contribution in [0.4, 0.5) is 26.3 Å². The van der Waals surface area contributed by atoms with Gasteiger partial charge in [0.15, 0.2) is 0 Å². The van der Waals surface area contributed by atoms with Gasteiger partial charge in [-0.15, -0.1) is 0 Å². The Morgan fingerprint density at radius 2 is 1.18 bits per heavy atom. The average Bonchev–Trinajstić information content (AvgIpc) is 3.36. The monoisotopic (exact) mass is 539 g/mol. The van der Waals surface area contributed by atoms with Crippen molar-refractivity contribution in [2.75, 3.05) is 0 Å². The molecule has 0 saturated carbocycles. The molecule has 3 aromatic carbocycles. The number of alkyl halides is 6. The lowest BCUT2D eigenvalue weighted by molar-refractivity contribution is -0.143. The fourth-order valence-electron chi connectivity index (χ4n) is 4.86. The van der Waals surface area contributed by atoms with E-state index in [1.165, 1.54) is 18.3 Å². The summed E-state index contributed by atoms with van der Waals surface area (Å²) < 4.78 is 80.2. The smallest absolute Gasteiger partial charge is 0.282 e. The number of hydrazone groups is 1. The van der Waals surface area contributed by atoms with Gasteiger partial charge in [-0.05, 0) is 54.3 Å². The number of hydrogen-bond acceptors (Lipinski definition) is 3. The fraction of sp³-hybridized carbons (Fsp3) is 0.200. The molecule has 1 fully saturated rings. The predicted molar refractivity (Wildman–Crippen MR) is 137 cm³/mol. The van der Waals surface area contributed by atoms with Crippen LogP contribution in [0.25, 0.3) is 11.3 Å². The second-order valence-electron chi connectivity index (χ2n) is 9.30. The maximum Gasteiger partial charge on any atom is 0.416 e. The quantitative estimate of drug-likeness (QED) is 0.188. The van der Waals surface area contributed by atoms with E-state index in [-0.39, 0.29) is 29.4 Å². The van der Waals surface area contributed by atoms with Gasteiger partial charge in [-0.1, -0.05) is 66.7 Å². The van der Waals surface area contributed by atoms with Crippen molar-refractivity contribution < 1.29 is 26.3 Å². The lowest BCUT2D eigenvalue weighted by Crippen LogP contribution is -2.21.